The molecule has 8 nitrogen and oxygen atoms in total. The van der Waals surface area contributed by atoms with Crippen LogP contribution in [0.5, 0.6) is 5.75 Å². The topological polar surface area (TPSA) is 80.3 Å². The lowest BCUT2D eigenvalue weighted by Crippen LogP contribution is -2.54. The zero-order valence-electron chi connectivity index (χ0n) is 30.0. The SMILES string of the molecule is C=S1(=O)NC(=O)c2ccc3c(c2)N(C[C@@H]2CC[C@H]2[C@](CCN2CCOCC2)(OC)/C=C/C[C@H](C)[C@H]1C)C[C@@]1(CCCc2cc(Cl)ccc21)CO3. The van der Waals surface area contributed by atoms with Crippen molar-refractivity contribution in [2.75, 3.05) is 64.6 Å². The van der Waals surface area contributed by atoms with E-state index in [9.17, 15) is 9.00 Å². The Morgan fingerprint density at radius 3 is 2.72 bits per heavy atom. The fourth-order valence-corrected chi connectivity index (χ4v) is 10.9. The van der Waals surface area contributed by atoms with Crippen LogP contribution in [0.25, 0.3) is 0 Å². The highest BCUT2D eigenvalue weighted by Crippen LogP contribution is 2.50. The number of nitrogens with one attached hydrogen (secondary N) is 1. The zero-order chi connectivity index (χ0) is 35.1. The molecule has 2 fully saturated rings. The van der Waals surface area contributed by atoms with E-state index in [-0.39, 0.29) is 22.5 Å². The van der Waals surface area contributed by atoms with Gasteiger partial charge in [-0.25, -0.2) is 4.21 Å². The van der Waals surface area contributed by atoms with Crippen molar-refractivity contribution in [3.63, 3.8) is 0 Å². The molecule has 7 atom stereocenters. The lowest BCUT2D eigenvalue weighted by molar-refractivity contribution is -0.0865. The van der Waals surface area contributed by atoms with Crippen LogP contribution in [0.2, 0.25) is 5.02 Å². The molecule has 1 N–H and O–H groups in total. The van der Waals surface area contributed by atoms with Crippen LogP contribution in [0.1, 0.15) is 73.9 Å². The van der Waals surface area contributed by atoms with Gasteiger partial charge >= 0.3 is 0 Å². The highest BCUT2D eigenvalue weighted by atomic mass is 35.5. The molecule has 2 aromatic carbocycles. The van der Waals surface area contributed by atoms with Crippen molar-refractivity contribution in [1.29, 1.82) is 0 Å². The molecule has 2 bridgehead atoms. The van der Waals surface area contributed by atoms with Crippen LogP contribution in [0.15, 0.2) is 48.6 Å². The number of hydrogen-bond donors (Lipinski definition) is 1. The standard InChI is InChI=1S/C40H54ClN3O5S/c1-28-7-5-16-40(47-3,17-18-43-19-21-48-22-20-43)35-12-9-32(35)25-44-26-39(15-6-8-30-23-33(41)11-13-34(30)39)27-49-37-14-10-31(24-36(37)44)38(45)42-50(4,46)29(28)2/h5,10-11,13-14,16,23-24,28-29,32,35H,4,6-9,12,15,17-22,25-27H2,1-3H3,(H,42,45,46)/b16-5+/t28-,29+,32-,35+,39-,40-,50?/m0/s1. The van der Waals surface area contributed by atoms with Crippen LogP contribution in [0, 0.1) is 17.8 Å². The maximum Gasteiger partial charge on any atom is 0.262 e. The van der Waals surface area contributed by atoms with Gasteiger partial charge in [0.05, 0.1) is 40.8 Å². The smallest absolute Gasteiger partial charge is 0.262 e. The van der Waals surface area contributed by atoms with E-state index in [4.69, 9.17) is 25.8 Å². The predicted molar refractivity (Wildman–Crippen MR) is 203 cm³/mol. The molecule has 2 aliphatic carbocycles. The first-order valence-corrected chi connectivity index (χ1v) is 20.7. The highest BCUT2D eigenvalue weighted by Gasteiger charge is 2.49. The van der Waals surface area contributed by atoms with Crippen LogP contribution in [0.3, 0.4) is 0 Å². The summed E-state index contributed by atoms with van der Waals surface area (Å²) in [5.41, 5.74) is 3.35. The van der Waals surface area contributed by atoms with Crippen LogP contribution >= 0.6 is 11.6 Å². The highest BCUT2D eigenvalue weighted by molar-refractivity contribution is 7.99. The molecule has 3 heterocycles. The van der Waals surface area contributed by atoms with Gasteiger partial charge in [-0.2, -0.15) is 0 Å². The van der Waals surface area contributed by atoms with Crippen molar-refractivity contribution < 1.29 is 23.2 Å². The summed E-state index contributed by atoms with van der Waals surface area (Å²) < 4.78 is 35.8. The average Bonchev–Trinajstić information content (AvgIpc) is 3.25. The Kier molecular flexibility index (Phi) is 10.4. The first kappa shape index (κ1) is 35.8. The summed E-state index contributed by atoms with van der Waals surface area (Å²) in [5.74, 6) is 5.22. The number of morpholine rings is 1. The number of anilines is 1. The van der Waals surface area contributed by atoms with Crippen molar-refractivity contribution in [1.82, 2.24) is 9.62 Å². The Morgan fingerprint density at radius 1 is 1.14 bits per heavy atom. The number of carbonyl (C=O) groups excluding carboxylic acids is 1. The van der Waals surface area contributed by atoms with E-state index < -0.39 is 15.3 Å². The summed E-state index contributed by atoms with van der Waals surface area (Å²) in [6.07, 6.45) is 11.5. The molecule has 272 valence electrons. The van der Waals surface area contributed by atoms with Crippen LogP contribution in [-0.2, 0) is 31.0 Å². The van der Waals surface area contributed by atoms with E-state index in [2.05, 4.69) is 51.6 Å². The first-order valence-electron chi connectivity index (χ1n) is 18.5. The van der Waals surface area contributed by atoms with Crippen molar-refractivity contribution in [3.05, 3.63) is 70.3 Å². The number of halogens is 1. The molecule has 0 aromatic heterocycles. The molecule has 1 saturated heterocycles. The largest absolute Gasteiger partial charge is 0.490 e. The number of hydrogen-bond acceptors (Lipinski definition) is 7. The van der Waals surface area contributed by atoms with Gasteiger partial charge in [0.2, 0.25) is 0 Å². The number of aryl methyl sites for hydroxylation is 1. The van der Waals surface area contributed by atoms with E-state index in [1.807, 2.05) is 32.2 Å². The van der Waals surface area contributed by atoms with E-state index in [0.29, 0.717) is 24.0 Å². The van der Waals surface area contributed by atoms with Crippen molar-refractivity contribution in [2.45, 2.75) is 75.1 Å². The average molecular weight is 724 g/mol. The molecule has 5 aliphatic rings. The molecule has 3 aliphatic heterocycles. The summed E-state index contributed by atoms with van der Waals surface area (Å²) in [4.78, 5) is 18.7. The van der Waals surface area contributed by atoms with Crippen LogP contribution in [-0.4, -0.2) is 91.4 Å². The third kappa shape index (κ3) is 6.97. The monoisotopic (exact) mass is 723 g/mol. The first-order chi connectivity index (χ1) is 24.0. The molecule has 1 saturated carbocycles. The quantitative estimate of drug-likeness (QED) is 0.294. The molecular formula is C40H54ClN3O5S. The van der Waals surface area contributed by atoms with Gasteiger partial charge in [0, 0.05) is 61.1 Å². The van der Waals surface area contributed by atoms with Crippen LogP contribution in [0.4, 0.5) is 5.69 Å². The number of methoxy groups -OCH3 is 1. The number of rotatable bonds is 4. The second-order valence-electron chi connectivity index (χ2n) is 15.6. The molecular weight excluding hydrogens is 670 g/mol. The minimum atomic E-state index is -2.94. The molecule has 1 unspecified atom stereocenters. The molecule has 10 heteroatoms. The molecule has 0 radical (unpaired) electrons. The third-order valence-corrected chi connectivity index (χ3v) is 15.1. The maximum atomic E-state index is 14.0. The van der Waals surface area contributed by atoms with Gasteiger partial charge < -0.3 is 19.1 Å². The van der Waals surface area contributed by atoms with E-state index in [1.54, 1.807) is 6.07 Å². The Morgan fingerprint density at radius 2 is 1.96 bits per heavy atom. The fourth-order valence-electron chi connectivity index (χ4n) is 9.20. The van der Waals surface area contributed by atoms with Crippen molar-refractivity contribution in [2.24, 2.45) is 17.8 Å². The molecule has 50 heavy (non-hydrogen) atoms. The normalized spacial score (nSPS) is 35.5. The fraction of sp³-hybridized carbons (Fsp3) is 0.600. The maximum absolute atomic E-state index is 14.0. The molecule has 1 amide bonds. The van der Waals surface area contributed by atoms with Crippen LogP contribution < -0.4 is 14.4 Å². The van der Waals surface area contributed by atoms with Crippen molar-refractivity contribution >= 4 is 38.8 Å². The van der Waals surface area contributed by atoms with E-state index >= 15 is 0 Å². The number of benzene rings is 2. The number of amides is 1. The number of allylic oxidation sites excluding steroid dienone is 1. The summed E-state index contributed by atoms with van der Waals surface area (Å²) >= 11 is 6.50. The van der Waals surface area contributed by atoms with Gasteiger partial charge in [-0.1, -0.05) is 36.7 Å². The number of nitrogens with zero attached hydrogens (tertiary/aromatic N) is 2. The zero-order valence-corrected chi connectivity index (χ0v) is 31.5. The van der Waals surface area contributed by atoms with E-state index in [1.165, 1.54) is 11.1 Å². The van der Waals surface area contributed by atoms with Crippen molar-refractivity contribution in [3.8, 4) is 5.75 Å². The summed E-state index contributed by atoms with van der Waals surface area (Å²) in [7, 11) is -1.07. The molecule has 1 spiro atoms. The summed E-state index contributed by atoms with van der Waals surface area (Å²) in [6, 6.07) is 12.0. The summed E-state index contributed by atoms with van der Waals surface area (Å²) in [6.45, 7) is 10.5. The second-order valence-corrected chi connectivity index (χ2v) is 18.4. The lowest BCUT2D eigenvalue weighted by atomic mass is 9.63. The van der Waals surface area contributed by atoms with Gasteiger partial charge in [0.25, 0.3) is 5.91 Å². The Bertz CT molecular complexity index is 1710. The third-order valence-electron chi connectivity index (χ3n) is 12.7. The lowest BCUT2D eigenvalue weighted by Gasteiger charge is -2.51. The van der Waals surface area contributed by atoms with E-state index in [0.717, 1.165) is 107 Å². The molecule has 7 rings (SSSR count). The summed E-state index contributed by atoms with van der Waals surface area (Å²) in [5, 5.41) is 0.439. The number of carbonyl (C=O) groups is 1. The van der Waals surface area contributed by atoms with Gasteiger partial charge in [-0.15, -0.1) is 0 Å². The minimum absolute atomic E-state index is 0.0378. The number of fused-ring (bicyclic) bond motifs is 4. The second kappa shape index (κ2) is 14.5. The Labute approximate surface area is 304 Å². The van der Waals surface area contributed by atoms with Gasteiger partial charge in [-0.05, 0) is 117 Å². The van der Waals surface area contributed by atoms with Gasteiger partial charge in [0.1, 0.15) is 5.75 Å². The Hall–Kier alpha value is -2.56. The van der Waals surface area contributed by atoms with Gasteiger partial charge in [-0.3, -0.25) is 14.4 Å². The number of ether oxygens (including phenoxy) is 3. The predicted octanol–water partition coefficient (Wildman–Crippen LogP) is 6.29. The minimum Gasteiger partial charge on any atom is -0.490 e. The van der Waals surface area contributed by atoms with Gasteiger partial charge in [0.15, 0.2) is 0 Å². The molecule has 2 aromatic rings. The Balaban J connectivity index is 1.30.